The van der Waals surface area contributed by atoms with Gasteiger partial charge in [0.1, 0.15) is 12.7 Å². The second kappa shape index (κ2) is 1.68. The topological polar surface area (TPSA) is 34.3 Å². The van der Waals surface area contributed by atoms with E-state index in [0.29, 0.717) is 12.7 Å². The molecule has 0 amide bonds. The minimum absolute atomic E-state index is 0.258. The summed E-state index contributed by atoms with van der Waals surface area (Å²) in [5, 5.41) is 0. The average Bonchev–Trinajstić information content (AvgIpc) is 2.58. The van der Waals surface area contributed by atoms with Crippen LogP contribution < -0.4 is 0 Å². The molecule has 2 saturated heterocycles. The first-order chi connectivity index (χ1) is 4.29. The van der Waals surface area contributed by atoms with E-state index >= 15 is 0 Å². The standard InChI is InChI=1S/C6H10O3/c1-6(4-9-6)8-3-5-2-7-5/h5H,2-4H2,1H3. The number of hydrogen-bond donors (Lipinski definition) is 0. The van der Waals surface area contributed by atoms with Gasteiger partial charge in [-0.25, -0.2) is 0 Å². The summed E-state index contributed by atoms with van der Waals surface area (Å²) in [7, 11) is 0. The molecule has 0 spiro atoms. The second-order valence-corrected chi connectivity index (χ2v) is 2.69. The van der Waals surface area contributed by atoms with Crippen molar-refractivity contribution in [2.45, 2.75) is 18.8 Å². The monoisotopic (exact) mass is 130 g/mol. The third kappa shape index (κ3) is 1.41. The lowest BCUT2D eigenvalue weighted by atomic mass is 10.4. The number of ether oxygens (including phenoxy) is 3. The van der Waals surface area contributed by atoms with E-state index in [1.54, 1.807) is 0 Å². The van der Waals surface area contributed by atoms with E-state index in [1.165, 1.54) is 0 Å². The van der Waals surface area contributed by atoms with E-state index in [4.69, 9.17) is 14.2 Å². The molecular formula is C6H10O3. The molecule has 2 unspecified atom stereocenters. The maximum absolute atomic E-state index is 5.32. The summed E-state index contributed by atoms with van der Waals surface area (Å²) in [5.74, 6) is -0.258. The Morgan fingerprint density at radius 3 is 2.89 bits per heavy atom. The Bertz CT molecular complexity index is 115. The molecule has 2 atom stereocenters. The summed E-state index contributed by atoms with van der Waals surface area (Å²) in [6.45, 7) is 4.22. The van der Waals surface area contributed by atoms with Crippen LogP contribution in [0.1, 0.15) is 6.92 Å². The molecule has 0 bridgehead atoms. The average molecular weight is 130 g/mol. The zero-order valence-corrected chi connectivity index (χ0v) is 5.42. The molecule has 52 valence electrons. The molecule has 0 aliphatic carbocycles. The van der Waals surface area contributed by atoms with Crippen molar-refractivity contribution in [1.29, 1.82) is 0 Å². The van der Waals surface area contributed by atoms with Gasteiger partial charge in [-0.15, -0.1) is 0 Å². The van der Waals surface area contributed by atoms with Crippen LogP contribution in [0.3, 0.4) is 0 Å². The van der Waals surface area contributed by atoms with Crippen LogP contribution in [0.5, 0.6) is 0 Å². The predicted octanol–water partition coefficient (Wildman–Crippen LogP) is 0.148. The highest BCUT2D eigenvalue weighted by molar-refractivity contribution is 4.78. The first-order valence-corrected chi connectivity index (χ1v) is 3.18. The molecule has 0 aromatic heterocycles. The summed E-state index contributed by atoms with van der Waals surface area (Å²) >= 11 is 0. The lowest BCUT2D eigenvalue weighted by Crippen LogP contribution is -2.14. The van der Waals surface area contributed by atoms with Crippen LogP contribution in [0.25, 0.3) is 0 Å². The first kappa shape index (κ1) is 5.65. The molecule has 9 heavy (non-hydrogen) atoms. The van der Waals surface area contributed by atoms with E-state index in [1.807, 2.05) is 6.92 Å². The zero-order valence-electron chi connectivity index (χ0n) is 5.42. The van der Waals surface area contributed by atoms with E-state index in [0.717, 1.165) is 13.2 Å². The van der Waals surface area contributed by atoms with Crippen LogP contribution in [-0.4, -0.2) is 31.7 Å². The SMILES string of the molecule is CC1(OCC2CO2)CO1. The molecule has 0 aromatic carbocycles. The first-order valence-electron chi connectivity index (χ1n) is 3.18. The van der Waals surface area contributed by atoms with E-state index in [9.17, 15) is 0 Å². The Balaban J connectivity index is 1.65. The normalized spacial score (nSPS) is 47.0. The largest absolute Gasteiger partial charge is 0.371 e. The maximum Gasteiger partial charge on any atom is 0.189 e. The fraction of sp³-hybridized carbons (Fsp3) is 1.00. The van der Waals surface area contributed by atoms with Crippen molar-refractivity contribution >= 4 is 0 Å². The van der Waals surface area contributed by atoms with Crippen molar-refractivity contribution in [2.24, 2.45) is 0 Å². The van der Waals surface area contributed by atoms with E-state index in [-0.39, 0.29) is 5.79 Å². The molecule has 0 radical (unpaired) electrons. The molecule has 3 nitrogen and oxygen atoms in total. The van der Waals surface area contributed by atoms with Crippen molar-refractivity contribution in [2.75, 3.05) is 19.8 Å². The minimum Gasteiger partial charge on any atom is -0.371 e. The zero-order chi connectivity index (χ0) is 6.32. The van der Waals surface area contributed by atoms with Gasteiger partial charge in [0.25, 0.3) is 0 Å². The lowest BCUT2D eigenvalue weighted by Gasteiger charge is -2.03. The molecule has 0 N–H and O–H groups in total. The van der Waals surface area contributed by atoms with Crippen LogP contribution in [0.2, 0.25) is 0 Å². The van der Waals surface area contributed by atoms with Gasteiger partial charge in [0.2, 0.25) is 0 Å². The summed E-state index contributed by atoms with van der Waals surface area (Å²) in [6.07, 6.45) is 0.353. The highest BCUT2D eigenvalue weighted by Gasteiger charge is 2.42. The third-order valence-corrected chi connectivity index (χ3v) is 1.53. The fourth-order valence-corrected chi connectivity index (χ4v) is 0.618. The van der Waals surface area contributed by atoms with Gasteiger partial charge in [0.05, 0.1) is 13.2 Å². The molecular weight excluding hydrogens is 120 g/mol. The Kier molecular flexibility index (Phi) is 1.06. The van der Waals surface area contributed by atoms with Gasteiger partial charge in [-0.05, 0) is 6.92 Å². The minimum atomic E-state index is -0.258. The molecule has 2 aliphatic heterocycles. The van der Waals surface area contributed by atoms with Gasteiger partial charge in [-0.1, -0.05) is 0 Å². The Morgan fingerprint density at radius 1 is 1.78 bits per heavy atom. The molecule has 0 aromatic rings. The van der Waals surface area contributed by atoms with Crippen molar-refractivity contribution in [3.05, 3.63) is 0 Å². The Hall–Kier alpha value is -0.120. The summed E-state index contributed by atoms with van der Waals surface area (Å²) in [4.78, 5) is 0. The quantitative estimate of drug-likeness (QED) is 0.510. The van der Waals surface area contributed by atoms with Crippen molar-refractivity contribution < 1.29 is 14.2 Å². The molecule has 2 aliphatic rings. The smallest absolute Gasteiger partial charge is 0.189 e. The predicted molar refractivity (Wildman–Crippen MR) is 30.0 cm³/mol. The van der Waals surface area contributed by atoms with E-state index in [2.05, 4.69) is 0 Å². The van der Waals surface area contributed by atoms with Crippen LogP contribution >= 0.6 is 0 Å². The van der Waals surface area contributed by atoms with Crippen molar-refractivity contribution in [3.63, 3.8) is 0 Å². The number of hydrogen-bond acceptors (Lipinski definition) is 3. The van der Waals surface area contributed by atoms with Gasteiger partial charge in [0, 0.05) is 0 Å². The Morgan fingerprint density at radius 2 is 2.44 bits per heavy atom. The van der Waals surface area contributed by atoms with Gasteiger partial charge in [0.15, 0.2) is 5.79 Å². The summed E-state index contributed by atoms with van der Waals surface area (Å²) < 4.78 is 15.3. The Labute approximate surface area is 53.9 Å². The van der Waals surface area contributed by atoms with Gasteiger partial charge in [-0.2, -0.15) is 0 Å². The summed E-state index contributed by atoms with van der Waals surface area (Å²) in [6, 6.07) is 0. The van der Waals surface area contributed by atoms with Gasteiger partial charge < -0.3 is 14.2 Å². The summed E-state index contributed by atoms with van der Waals surface area (Å²) in [5.41, 5.74) is 0. The number of rotatable bonds is 3. The molecule has 2 fully saturated rings. The molecule has 0 saturated carbocycles. The van der Waals surface area contributed by atoms with Crippen molar-refractivity contribution in [3.8, 4) is 0 Å². The molecule has 2 rings (SSSR count). The second-order valence-electron chi connectivity index (χ2n) is 2.69. The van der Waals surface area contributed by atoms with Crippen LogP contribution in [-0.2, 0) is 14.2 Å². The van der Waals surface area contributed by atoms with E-state index < -0.39 is 0 Å². The number of epoxide rings is 2. The van der Waals surface area contributed by atoms with Crippen LogP contribution in [0.4, 0.5) is 0 Å². The molecule has 2 heterocycles. The fourth-order valence-electron chi connectivity index (χ4n) is 0.618. The highest BCUT2D eigenvalue weighted by Crippen LogP contribution is 2.28. The van der Waals surface area contributed by atoms with Gasteiger partial charge >= 0.3 is 0 Å². The highest BCUT2D eigenvalue weighted by atomic mass is 16.8. The van der Waals surface area contributed by atoms with Gasteiger partial charge in [-0.3, -0.25) is 0 Å². The van der Waals surface area contributed by atoms with Crippen LogP contribution in [0, 0.1) is 0 Å². The third-order valence-electron chi connectivity index (χ3n) is 1.53. The van der Waals surface area contributed by atoms with Crippen LogP contribution in [0.15, 0.2) is 0 Å². The maximum atomic E-state index is 5.32. The molecule has 3 heteroatoms. The van der Waals surface area contributed by atoms with Crippen molar-refractivity contribution in [1.82, 2.24) is 0 Å². The lowest BCUT2D eigenvalue weighted by molar-refractivity contribution is -0.0353.